The van der Waals surface area contributed by atoms with Gasteiger partial charge in [0.15, 0.2) is 0 Å². The average Bonchev–Trinajstić information content (AvgIpc) is 2.43. The molecule has 0 spiro atoms. The number of aromatic nitrogens is 2. The molecule has 0 bridgehead atoms. The number of rotatable bonds is 6. The van der Waals surface area contributed by atoms with E-state index in [1.54, 1.807) is 11.8 Å². The fourth-order valence-electron chi connectivity index (χ4n) is 1.80. The molecule has 0 unspecified atom stereocenters. The van der Waals surface area contributed by atoms with Crippen LogP contribution in [0, 0.1) is 0 Å². The highest BCUT2D eigenvalue weighted by Crippen LogP contribution is 2.24. The first-order valence-corrected chi connectivity index (χ1v) is 8.19. The lowest BCUT2D eigenvalue weighted by molar-refractivity contribution is -0.137. The van der Waals surface area contributed by atoms with Crippen molar-refractivity contribution in [2.45, 2.75) is 12.5 Å². The van der Waals surface area contributed by atoms with Crippen LogP contribution in [0.15, 0.2) is 29.0 Å². The van der Waals surface area contributed by atoms with Gasteiger partial charge in [-0.15, -0.1) is 0 Å². The molecule has 2 aromatic rings. The molecule has 106 valence electrons. The first kappa shape index (κ1) is 15.1. The summed E-state index contributed by atoms with van der Waals surface area (Å²) in [6, 6.07) is 4.98. The summed E-state index contributed by atoms with van der Waals surface area (Å²) in [5, 5.41) is 13.1. The minimum Gasteiger partial charge on any atom is -0.480 e. The number of fused-ring (bicyclic) bond motifs is 1. The molecule has 20 heavy (non-hydrogen) atoms. The second-order valence-electron chi connectivity index (χ2n) is 4.20. The molecule has 7 heteroatoms. The van der Waals surface area contributed by atoms with Gasteiger partial charge in [-0.3, -0.25) is 0 Å². The van der Waals surface area contributed by atoms with Gasteiger partial charge >= 0.3 is 5.97 Å². The fraction of sp³-hybridized carbons (Fsp3) is 0.308. The lowest BCUT2D eigenvalue weighted by atomic mass is 10.2. The van der Waals surface area contributed by atoms with Crippen LogP contribution in [-0.2, 0) is 4.79 Å². The molecule has 2 rings (SSSR count). The first-order valence-electron chi connectivity index (χ1n) is 6.00. The van der Waals surface area contributed by atoms with Gasteiger partial charge < -0.3 is 10.4 Å². The van der Waals surface area contributed by atoms with Crippen LogP contribution in [0.25, 0.3) is 10.9 Å². The van der Waals surface area contributed by atoms with Gasteiger partial charge in [0.2, 0.25) is 0 Å². The van der Waals surface area contributed by atoms with Gasteiger partial charge in [0.1, 0.15) is 18.2 Å². The summed E-state index contributed by atoms with van der Waals surface area (Å²) in [5.41, 5.74) is 0.778. The van der Waals surface area contributed by atoms with Crippen LogP contribution in [0.2, 0.25) is 0 Å². The maximum absolute atomic E-state index is 11.3. The second kappa shape index (κ2) is 6.90. The summed E-state index contributed by atoms with van der Waals surface area (Å²) in [5.74, 6) is 0.446. The van der Waals surface area contributed by atoms with E-state index >= 15 is 0 Å². The average molecular weight is 356 g/mol. The third-order valence-electron chi connectivity index (χ3n) is 2.82. The van der Waals surface area contributed by atoms with Crippen molar-refractivity contribution in [2.24, 2.45) is 0 Å². The molecule has 0 radical (unpaired) electrons. The van der Waals surface area contributed by atoms with Crippen LogP contribution >= 0.6 is 27.7 Å². The van der Waals surface area contributed by atoms with Crippen molar-refractivity contribution in [2.75, 3.05) is 17.3 Å². The van der Waals surface area contributed by atoms with E-state index in [9.17, 15) is 9.90 Å². The van der Waals surface area contributed by atoms with E-state index in [0.717, 1.165) is 21.1 Å². The molecule has 0 aliphatic carbocycles. The number of aliphatic carboxylic acids is 1. The SMILES string of the molecule is CSCC[C@H](Nc1ncnc2ccc(Br)cc12)C(=O)O. The highest BCUT2D eigenvalue weighted by atomic mass is 79.9. The molecule has 1 atom stereocenters. The Morgan fingerprint density at radius 1 is 1.50 bits per heavy atom. The Morgan fingerprint density at radius 2 is 2.30 bits per heavy atom. The van der Waals surface area contributed by atoms with Gasteiger partial charge in [0, 0.05) is 9.86 Å². The van der Waals surface area contributed by atoms with Crippen molar-refractivity contribution < 1.29 is 9.90 Å². The van der Waals surface area contributed by atoms with E-state index in [0.29, 0.717) is 12.2 Å². The van der Waals surface area contributed by atoms with Gasteiger partial charge in [-0.2, -0.15) is 11.8 Å². The molecule has 1 aromatic heterocycles. The molecule has 2 N–H and O–H groups in total. The maximum atomic E-state index is 11.3. The monoisotopic (exact) mass is 355 g/mol. The number of nitrogens with zero attached hydrogens (tertiary/aromatic N) is 2. The largest absolute Gasteiger partial charge is 0.480 e. The van der Waals surface area contributed by atoms with E-state index in [1.165, 1.54) is 6.33 Å². The lowest BCUT2D eigenvalue weighted by Crippen LogP contribution is -2.30. The molecule has 0 aliphatic rings. The molecule has 5 nitrogen and oxygen atoms in total. The minimum absolute atomic E-state index is 0.538. The number of carboxylic acid groups (broad SMARTS) is 1. The van der Waals surface area contributed by atoms with Gasteiger partial charge in [-0.05, 0) is 36.6 Å². The standard InChI is InChI=1S/C13H14BrN3O2S/c1-20-5-4-11(13(18)19)17-12-9-6-8(14)2-3-10(9)15-7-16-12/h2-3,6-7,11H,4-5H2,1H3,(H,18,19)(H,15,16,17)/t11-/m0/s1. The Morgan fingerprint density at radius 3 is 3.00 bits per heavy atom. The summed E-state index contributed by atoms with van der Waals surface area (Å²) >= 11 is 5.02. The third-order valence-corrected chi connectivity index (χ3v) is 3.95. The topological polar surface area (TPSA) is 75.1 Å². The lowest BCUT2D eigenvalue weighted by Gasteiger charge is -2.15. The van der Waals surface area contributed by atoms with Gasteiger partial charge in [-0.1, -0.05) is 15.9 Å². The molecule has 0 fully saturated rings. The predicted molar refractivity (Wildman–Crippen MR) is 85.3 cm³/mol. The molecule has 0 saturated carbocycles. The maximum Gasteiger partial charge on any atom is 0.326 e. The number of hydrogen-bond donors (Lipinski definition) is 2. The highest BCUT2D eigenvalue weighted by Gasteiger charge is 2.18. The van der Waals surface area contributed by atoms with Gasteiger partial charge in [-0.25, -0.2) is 14.8 Å². The number of thioether (sulfide) groups is 1. The van der Waals surface area contributed by atoms with Crippen molar-refractivity contribution in [3.05, 3.63) is 29.0 Å². The van der Waals surface area contributed by atoms with E-state index in [4.69, 9.17) is 0 Å². The van der Waals surface area contributed by atoms with Crippen LogP contribution < -0.4 is 5.32 Å². The molecule has 0 saturated heterocycles. The van der Waals surface area contributed by atoms with Crippen molar-refractivity contribution in [1.29, 1.82) is 0 Å². The molecule has 0 aliphatic heterocycles. The van der Waals surface area contributed by atoms with E-state index < -0.39 is 12.0 Å². The summed E-state index contributed by atoms with van der Waals surface area (Å²) in [7, 11) is 0. The summed E-state index contributed by atoms with van der Waals surface area (Å²) in [4.78, 5) is 19.6. The smallest absolute Gasteiger partial charge is 0.326 e. The van der Waals surface area contributed by atoms with E-state index in [1.807, 2.05) is 24.5 Å². The summed E-state index contributed by atoms with van der Waals surface area (Å²) < 4.78 is 0.902. The number of carboxylic acids is 1. The Balaban J connectivity index is 2.31. The number of anilines is 1. The van der Waals surface area contributed by atoms with E-state index in [-0.39, 0.29) is 0 Å². The zero-order valence-corrected chi connectivity index (χ0v) is 13.2. The molecular weight excluding hydrogens is 342 g/mol. The zero-order valence-electron chi connectivity index (χ0n) is 10.8. The summed E-state index contributed by atoms with van der Waals surface area (Å²) in [6.07, 6.45) is 3.93. The third kappa shape index (κ3) is 3.61. The molecular formula is C13H14BrN3O2S. The van der Waals surface area contributed by atoms with Crippen molar-refractivity contribution in [3.63, 3.8) is 0 Å². The van der Waals surface area contributed by atoms with Crippen molar-refractivity contribution >= 4 is 50.4 Å². The molecule has 1 heterocycles. The molecule has 1 aromatic carbocycles. The Bertz CT molecular complexity index is 624. The number of carbonyl (C=O) groups is 1. The van der Waals surface area contributed by atoms with Gasteiger partial charge in [0.25, 0.3) is 0 Å². The van der Waals surface area contributed by atoms with Crippen LogP contribution in [0.5, 0.6) is 0 Å². The van der Waals surface area contributed by atoms with Crippen LogP contribution in [0.3, 0.4) is 0 Å². The van der Waals surface area contributed by atoms with E-state index in [2.05, 4.69) is 31.2 Å². The quantitative estimate of drug-likeness (QED) is 0.829. The first-order chi connectivity index (χ1) is 9.61. The highest BCUT2D eigenvalue weighted by molar-refractivity contribution is 9.10. The number of benzene rings is 1. The zero-order chi connectivity index (χ0) is 14.5. The van der Waals surface area contributed by atoms with Crippen LogP contribution in [0.1, 0.15) is 6.42 Å². The van der Waals surface area contributed by atoms with Gasteiger partial charge in [0.05, 0.1) is 5.52 Å². The number of halogens is 1. The fourth-order valence-corrected chi connectivity index (χ4v) is 2.63. The Kier molecular flexibility index (Phi) is 5.19. The Labute approximate surface area is 129 Å². The molecule has 0 amide bonds. The summed E-state index contributed by atoms with van der Waals surface area (Å²) in [6.45, 7) is 0. The van der Waals surface area contributed by atoms with Crippen LogP contribution in [0.4, 0.5) is 5.82 Å². The minimum atomic E-state index is -0.874. The van der Waals surface area contributed by atoms with Crippen molar-refractivity contribution in [1.82, 2.24) is 9.97 Å². The van der Waals surface area contributed by atoms with Crippen LogP contribution in [-0.4, -0.2) is 39.1 Å². The second-order valence-corrected chi connectivity index (χ2v) is 6.10. The normalized spacial score (nSPS) is 12.3. The predicted octanol–water partition coefficient (Wildman–Crippen LogP) is 3.01. The number of hydrogen-bond acceptors (Lipinski definition) is 5. The number of nitrogens with one attached hydrogen (secondary N) is 1. The van der Waals surface area contributed by atoms with Crippen molar-refractivity contribution in [3.8, 4) is 0 Å². The Hall–Kier alpha value is -1.34.